The van der Waals surface area contributed by atoms with Crippen LogP contribution in [-0.4, -0.2) is 24.3 Å². The second-order valence-electron chi connectivity index (χ2n) is 6.32. The van der Waals surface area contributed by atoms with E-state index >= 15 is 0 Å². The molecule has 2 heterocycles. The van der Waals surface area contributed by atoms with Crippen LogP contribution >= 0.6 is 11.3 Å². The van der Waals surface area contributed by atoms with Gasteiger partial charge in [0.15, 0.2) is 5.76 Å². The molecule has 0 aliphatic heterocycles. The van der Waals surface area contributed by atoms with Crippen molar-refractivity contribution in [3.8, 4) is 0 Å². The maximum atomic E-state index is 12.4. The van der Waals surface area contributed by atoms with E-state index in [9.17, 15) is 14.4 Å². The zero-order valence-corrected chi connectivity index (χ0v) is 16.7. The Morgan fingerprint density at radius 2 is 1.79 bits per heavy atom. The molecule has 0 fully saturated rings. The van der Waals surface area contributed by atoms with E-state index in [1.165, 1.54) is 17.6 Å². The zero-order chi connectivity index (χ0) is 20.6. The summed E-state index contributed by atoms with van der Waals surface area (Å²) in [6.45, 7) is 2.47. The molecule has 0 atom stereocenters. The van der Waals surface area contributed by atoms with Gasteiger partial charge in [-0.25, -0.2) is 0 Å². The predicted octanol–water partition coefficient (Wildman–Crippen LogP) is 3.34. The quantitative estimate of drug-likeness (QED) is 0.529. The van der Waals surface area contributed by atoms with E-state index in [2.05, 4.69) is 16.0 Å². The summed E-state index contributed by atoms with van der Waals surface area (Å²) in [6.07, 6.45) is 1.61. The maximum Gasteiger partial charge on any atom is 0.291 e. The molecule has 29 heavy (non-hydrogen) atoms. The molecule has 2 aromatic heterocycles. The molecule has 8 heteroatoms. The van der Waals surface area contributed by atoms with Crippen LogP contribution < -0.4 is 16.0 Å². The average Bonchev–Trinajstić information content (AvgIpc) is 3.37. The van der Waals surface area contributed by atoms with Gasteiger partial charge in [0.2, 0.25) is 5.91 Å². The predicted molar refractivity (Wildman–Crippen MR) is 111 cm³/mol. The Morgan fingerprint density at radius 3 is 2.52 bits per heavy atom. The van der Waals surface area contributed by atoms with Gasteiger partial charge in [-0.15, -0.1) is 11.3 Å². The van der Waals surface area contributed by atoms with Crippen LogP contribution in [-0.2, 0) is 11.3 Å². The number of benzene rings is 1. The molecule has 7 nitrogen and oxygen atoms in total. The first-order chi connectivity index (χ1) is 14.0. The Morgan fingerprint density at radius 1 is 1.00 bits per heavy atom. The summed E-state index contributed by atoms with van der Waals surface area (Å²) < 4.78 is 5.05. The highest BCUT2D eigenvalue weighted by Crippen LogP contribution is 2.27. The second-order valence-corrected chi connectivity index (χ2v) is 7.37. The van der Waals surface area contributed by atoms with E-state index in [-0.39, 0.29) is 36.4 Å². The largest absolute Gasteiger partial charge is 0.459 e. The number of carbonyl (C=O) groups is 3. The number of hydrogen-bond acceptors (Lipinski definition) is 5. The summed E-state index contributed by atoms with van der Waals surface area (Å²) in [4.78, 5) is 36.8. The number of thiophene rings is 1. The van der Waals surface area contributed by atoms with Crippen molar-refractivity contribution in [2.45, 2.75) is 19.9 Å². The highest BCUT2D eigenvalue weighted by atomic mass is 32.1. The first-order valence-corrected chi connectivity index (χ1v) is 9.88. The minimum Gasteiger partial charge on any atom is -0.459 e. The van der Waals surface area contributed by atoms with E-state index < -0.39 is 0 Å². The third kappa shape index (κ3) is 5.79. The van der Waals surface area contributed by atoms with Gasteiger partial charge in [-0.3, -0.25) is 14.4 Å². The van der Waals surface area contributed by atoms with Gasteiger partial charge < -0.3 is 20.4 Å². The Kier molecular flexibility index (Phi) is 6.80. The molecular formula is C21H21N3O4S. The number of anilines is 1. The zero-order valence-electron chi connectivity index (χ0n) is 15.9. The van der Waals surface area contributed by atoms with Crippen molar-refractivity contribution in [1.29, 1.82) is 0 Å². The number of aryl methyl sites for hydroxylation is 1. The van der Waals surface area contributed by atoms with Crippen LogP contribution in [0.4, 0.5) is 5.00 Å². The number of furan rings is 1. The van der Waals surface area contributed by atoms with Crippen LogP contribution in [0.3, 0.4) is 0 Å². The molecule has 0 saturated heterocycles. The number of nitrogens with one attached hydrogen (secondary N) is 3. The first-order valence-electron chi connectivity index (χ1n) is 9.07. The lowest BCUT2D eigenvalue weighted by Crippen LogP contribution is -2.30. The van der Waals surface area contributed by atoms with Crippen molar-refractivity contribution in [3.63, 3.8) is 0 Å². The van der Waals surface area contributed by atoms with Crippen molar-refractivity contribution in [2.24, 2.45) is 0 Å². The van der Waals surface area contributed by atoms with Crippen LogP contribution in [0.5, 0.6) is 0 Å². The highest BCUT2D eigenvalue weighted by molar-refractivity contribution is 7.18. The molecule has 0 saturated carbocycles. The summed E-state index contributed by atoms with van der Waals surface area (Å²) in [7, 11) is 0. The monoisotopic (exact) mass is 411 g/mol. The maximum absolute atomic E-state index is 12.4. The SMILES string of the molecule is Cc1cc(NC(=O)c2ccco2)sc1C(=O)NCCC(=O)NCc1ccccc1. The molecule has 0 aliphatic rings. The molecule has 150 valence electrons. The molecule has 0 spiro atoms. The van der Waals surface area contributed by atoms with Crippen LogP contribution in [0.1, 0.15) is 37.8 Å². The summed E-state index contributed by atoms with van der Waals surface area (Å²) >= 11 is 1.17. The van der Waals surface area contributed by atoms with Crippen molar-refractivity contribution in [2.75, 3.05) is 11.9 Å². The van der Waals surface area contributed by atoms with Gasteiger partial charge in [-0.05, 0) is 36.2 Å². The molecule has 3 aromatic rings. The molecular weight excluding hydrogens is 390 g/mol. The number of amides is 3. The lowest BCUT2D eigenvalue weighted by Gasteiger charge is -2.06. The minimum atomic E-state index is -0.377. The molecule has 0 bridgehead atoms. The molecule has 0 radical (unpaired) electrons. The summed E-state index contributed by atoms with van der Waals surface area (Å²) in [5.41, 5.74) is 1.76. The molecule has 0 aliphatic carbocycles. The molecule has 3 amide bonds. The highest BCUT2D eigenvalue weighted by Gasteiger charge is 2.16. The summed E-state index contributed by atoms with van der Waals surface area (Å²) in [5.74, 6) is -0.591. The van der Waals surface area contributed by atoms with Crippen molar-refractivity contribution in [3.05, 3.63) is 76.6 Å². The fourth-order valence-electron chi connectivity index (χ4n) is 2.61. The number of carbonyl (C=O) groups excluding carboxylic acids is 3. The van der Waals surface area contributed by atoms with Gasteiger partial charge in [0, 0.05) is 19.5 Å². The summed E-state index contributed by atoms with van der Waals surface area (Å²) in [6, 6.07) is 14.5. The van der Waals surface area contributed by atoms with Crippen molar-refractivity contribution < 1.29 is 18.8 Å². The van der Waals surface area contributed by atoms with Gasteiger partial charge in [0.05, 0.1) is 16.1 Å². The second kappa shape index (κ2) is 9.70. The Labute approximate surface area is 172 Å². The number of hydrogen-bond donors (Lipinski definition) is 3. The lowest BCUT2D eigenvalue weighted by atomic mass is 10.2. The van der Waals surface area contributed by atoms with Gasteiger partial charge >= 0.3 is 0 Å². The smallest absolute Gasteiger partial charge is 0.291 e. The standard InChI is InChI=1S/C21H21N3O4S/c1-14-12-18(24-20(26)16-8-5-11-28-16)29-19(14)21(27)22-10-9-17(25)23-13-15-6-3-2-4-7-15/h2-8,11-12H,9-10,13H2,1H3,(H,22,27)(H,23,25)(H,24,26). The number of rotatable bonds is 8. The normalized spacial score (nSPS) is 10.4. The van der Waals surface area contributed by atoms with E-state index in [1.54, 1.807) is 25.1 Å². The van der Waals surface area contributed by atoms with Crippen molar-refractivity contribution in [1.82, 2.24) is 10.6 Å². The third-order valence-electron chi connectivity index (χ3n) is 4.08. The Balaban J connectivity index is 1.45. The topological polar surface area (TPSA) is 100 Å². The van der Waals surface area contributed by atoms with Gasteiger partial charge in [-0.1, -0.05) is 30.3 Å². The van der Waals surface area contributed by atoms with E-state index in [0.29, 0.717) is 16.4 Å². The van der Waals surface area contributed by atoms with Gasteiger partial charge in [-0.2, -0.15) is 0 Å². The fourth-order valence-corrected chi connectivity index (χ4v) is 3.59. The first kappa shape index (κ1) is 20.3. The molecule has 1 aromatic carbocycles. The third-order valence-corrected chi connectivity index (χ3v) is 5.23. The van der Waals surface area contributed by atoms with E-state index in [4.69, 9.17) is 4.42 Å². The van der Waals surface area contributed by atoms with Gasteiger partial charge in [0.25, 0.3) is 11.8 Å². The Hall–Kier alpha value is -3.39. The molecule has 0 unspecified atom stereocenters. The van der Waals surface area contributed by atoms with Crippen LogP contribution in [0, 0.1) is 6.92 Å². The molecule has 3 rings (SSSR count). The summed E-state index contributed by atoms with van der Waals surface area (Å²) in [5, 5.41) is 8.82. The van der Waals surface area contributed by atoms with E-state index in [0.717, 1.165) is 11.1 Å². The van der Waals surface area contributed by atoms with Crippen LogP contribution in [0.2, 0.25) is 0 Å². The average molecular weight is 411 g/mol. The van der Waals surface area contributed by atoms with Crippen LogP contribution in [0.15, 0.2) is 59.2 Å². The fraction of sp³-hybridized carbons (Fsp3) is 0.190. The van der Waals surface area contributed by atoms with E-state index in [1.807, 2.05) is 30.3 Å². The minimum absolute atomic E-state index is 0.136. The van der Waals surface area contributed by atoms with Crippen LogP contribution in [0.25, 0.3) is 0 Å². The molecule has 3 N–H and O–H groups in total. The Bertz CT molecular complexity index is 981. The van der Waals surface area contributed by atoms with Crippen molar-refractivity contribution >= 4 is 34.1 Å². The lowest BCUT2D eigenvalue weighted by molar-refractivity contribution is -0.121. The van der Waals surface area contributed by atoms with Gasteiger partial charge in [0.1, 0.15) is 0 Å².